The smallest absolute Gasteiger partial charge is 0.164 e. The number of Topliss-reactive ketones (excluding diaryl/α,β-unsaturated/α-hetero) is 1. The van der Waals surface area contributed by atoms with Gasteiger partial charge in [0, 0.05) is 20.1 Å². The molecular formula is C9H13NO3. The maximum atomic E-state index is 11.0. The summed E-state index contributed by atoms with van der Waals surface area (Å²) in [6.45, 7) is 2.17. The molecule has 0 saturated carbocycles. The first-order chi connectivity index (χ1) is 6.25. The maximum absolute atomic E-state index is 11.0. The molecule has 72 valence electrons. The van der Waals surface area contributed by atoms with Crippen LogP contribution in [0.15, 0.2) is 10.7 Å². The highest BCUT2D eigenvalue weighted by Crippen LogP contribution is 2.10. The minimum atomic E-state index is -0.00586. The zero-order chi connectivity index (χ0) is 9.68. The second kappa shape index (κ2) is 4.77. The van der Waals surface area contributed by atoms with E-state index < -0.39 is 0 Å². The topological polar surface area (TPSA) is 52.3 Å². The Balaban J connectivity index is 2.55. The summed E-state index contributed by atoms with van der Waals surface area (Å²) in [5, 5.41) is 3.59. The van der Waals surface area contributed by atoms with E-state index in [1.807, 2.05) is 0 Å². The third kappa shape index (κ3) is 2.66. The number of carbonyl (C=O) groups excluding carboxylic acids is 1. The zero-order valence-corrected chi connectivity index (χ0v) is 7.87. The van der Waals surface area contributed by atoms with Crippen molar-refractivity contribution in [1.82, 2.24) is 5.16 Å². The van der Waals surface area contributed by atoms with E-state index in [0.717, 1.165) is 6.42 Å². The normalized spacial score (nSPS) is 10.3. The van der Waals surface area contributed by atoms with Crippen LogP contribution in [0.3, 0.4) is 0 Å². The van der Waals surface area contributed by atoms with E-state index >= 15 is 0 Å². The van der Waals surface area contributed by atoms with Crippen molar-refractivity contribution in [2.24, 2.45) is 0 Å². The molecule has 0 fully saturated rings. The molecule has 0 unspecified atom stereocenters. The van der Waals surface area contributed by atoms with Crippen LogP contribution >= 0.6 is 0 Å². The van der Waals surface area contributed by atoms with Crippen molar-refractivity contribution < 1.29 is 14.1 Å². The van der Waals surface area contributed by atoms with Gasteiger partial charge in [0.05, 0.1) is 11.8 Å². The number of carbonyl (C=O) groups is 1. The molecular weight excluding hydrogens is 170 g/mol. The number of aromatic nitrogens is 1. The molecule has 0 spiro atoms. The monoisotopic (exact) mass is 183 g/mol. The number of nitrogens with zero attached hydrogens (tertiary/aromatic N) is 1. The molecule has 0 bridgehead atoms. The number of methoxy groups -OCH3 is 1. The largest absolute Gasteiger partial charge is 0.385 e. The van der Waals surface area contributed by atoms with Crippen molar-refractivity contribution in [2.45, 2.75) is 19.8 Å². The fourth-order valence-electron chi connectivity index (χ4n) is 1.11. The fraction of sp³-hybridized carbons (Fsp3) is 0.556. The summed E-state index contributed by atoms with van der Waals surface area (Å²) in [5.41, 5.74) is 0.580. The van der Waals surface area contributed by atoms with E-state index in [0.29, 0.717) is 24.4 Å². The number of hydrogen-bond donors (Lipinski definition) is 0. The molecule has 0 amide bonds. The number of hydrogen-bond acceptors (Lipinski definition) is 4. The lowest BCUT2D eigenvalue weighted by molar-refractivity contribution is 0.101. The average molecular weight is 183 g/mol. The van der Waals surface area contributed by atoms with Crippen molar-refractivity contribution >= 4 is 5.78 Å². The summed E-state index contributed by atoms with van der Waals surface area (Å²) in [6, 6.07) is 0. The standard InChI is InChI=1S/C9H13NO3/c1-7(11)8-6-10-13-9(8)4-3-5-12-2/h6H,3-5H2,1-2H3. The molecule has 1 rings (SSSR count). The van der Waals surface area contributed by atoms with Crippen LogP contribution in [0.1, 0.15) is 29.5 Å². The number of aryl methyl sites for hydroxylation is 1. The predicted molar refractivity (Wildman–Crippen MR) is 46.7 cm³/mol. The molecule has 0 aliphatic rings. The van der Waals surface area contributed by atoms with E-state index in [9.17, 15) is 4.79 Å². The quantitative estimate of drug-likeness (QED) is 0.512. The van der Waals surface area contributed by atoms with Crippen LogP contribution in [0.5, 0.6) is 0 Å². The summed E-state index contributed by atoms with van der Waals surface area (Å²) in [5.74, 6) is 0.651. The van der Waals surface area contributed by atoms with Crippen LogP contribution in [0.2, 0.25) is 0 Å². The maximum Gasteiger partial charge on any atom is 0.164 e. The summed E-state index contributed by atoms with van der Waals surface area (Å²) >= 11 is 0. The summed E-state index contributed by atoms with van der Waals surface area (Å²) in [7, 11) is 1.65. The summed E-state index contributed by atoms with van der Waals surface area (Å²) < 4.78 is 9.84. The van der Waals surface area contributed by atoms with Crippen LogP contribution in [-0.2, 0) is 11.2 Å². The lowest BCUT2D eigenvalue weighted by Crippen LogP contribution is -1.97. The molecule has 4 heteroatoms. The Labute approximate surface area is 76.9 Å². The van der Waals surface area contributed by atoms with Gasteiger partial charge in [-0.25, -0.2) is 0 Å². The molecule has 0 saturated heterocycles. The Kier molecular flexibility index (Phi) is 3.64. The summed E-state index contributed by atoms with van der Waals surface area (Å²) in [4.78, 5) is 11.0. The third-order valence-corrected chi connectivity index (χ3v) is 1.78. The van der Waals surface area contributed by atoms with Gasteiger partial charge in [0.1, 0.15) is 5.76 Å². The van der Waals surface area contributed by atoms with Gasteiger partial charge in [0.25, 0.3) is 0 Å². The molecule has 0 N–H and O–H groups in total. The lowest BCUT2D eigenvalue weighted by atomic mass is 10.1. The first kappa shape index (κ1) is 9.92. The molecule has 1 aromatic rings. The SMILES string of the molecule is COCCCc1oncc1C(C)=O. The van der Waals surface area contributed by atoms with Crippen molar-refractivity contribution in [2.75, 3.05) is 13.7 Å². The van der Waals surface area contributed by atoms with E-state index in [1.54, 1.807) is 7.11 Å². The first-order valence-electron chi connectivity index (χ1n) is 4.19. The highest BCUT2D eigenvalue weighted by atomic mass is 16.5. The van der Waals surface area contributed by atoms with E-state index in [1.165, 1.54) is 13.1 Å². The summed E-state index contributed by atoms with van der Waals surface area (Å²) in [6.07, 6.45) is 3.00. The van der Waals surface area contributed by atoms with E-state index in [2.05, 4.69) is 5.16 Å². The van der Waals surface area contributed by atoms with Crippen molar-refractivity contribution in [3.8, 4) is 0 Å². The van der Waals surface area contributed by atoms with Gasteiger partial charge in [-0.2, -0.15) is 0 Å². The van der Waals surface area contributed by atoms with E-state index in [4.69, 9.17) is 9.26 Å². The van der Waals surface area contributed by atoms with Crippen LogP contribution in [0, 0.1) is 0 Å². The Morgan fingerprint density at radius 1 is 1.69 bits per heavy atom. The molecule has 1 heterocycles. The zero-order valence-electron chi connectivity index (χ0n) is 7.87. The van der Waals surface area contributed by atoms with Gasteiger partial charge in [0.2, 0.25) is 0 Å². The van der Waals surface area contributed by atoms with Crippen molar-refractivity contribution in [3.63, 3.8) is 0 Å². The number of ketones is 1. The van der Waals surface area contributed by atoms with Gasteiger partial charge >= 0.3 is 0 Å². The molecule has 0 aliphatic heterocycles. The van der Waals surface area contributed by atoms with Crippen LogP contribution in [-0.4, -0.2) is 24.7 Å². The Morgan fingerprint density at radius 2 is 2.46 bits per heavy atom. The minimum absolute atomic E-state index is 0.00586. The van der Waals surface area contributed by atoms with Gasteiger partial charge in [0.15, 0.2) is 5.78 Å². The third-order valence-electron chi connectivity index (χ3n) is 1.78. The molecule has 0 aliphatic carbocycles. The van der Waals surface area contributed by atoms with Gasteiger partial charge in [-0.05, 0) is 13.3 Å². The second-order valence-corrected chi connectivity index (χ2v) is 2.82. The lowest BCUT2D eigenvalue weighted by Gasteiger charge is -1.97. The Hall–Kier alpha value is -1.16. The van der Waals surface area contributed by atoms with Crippen LogP contribution < -0.4 is 0 Å². The molecule has 0 aromatic carbocycles. The fourth-order valence-corrected chi connectivity index (χ4v) is 1.11. The average Bonchev–Trinajstić information content (AvgIpc) is 2.53. The van der Waals surface area contributed by atoms with Crippen LogP contribution in [0.4, 0.5) is 0 Å². The van der Waals surface area contributed by atoms with Crippen molar-refractivity contribution in [1.29, 1.82) is 0 Å². The number of ether oxygens (including phenoxy) is 1. The molecule has 0 atom stereocenters. The molecule has 13 heavy (non-hydrogen) atoms. The van der Waals surface area contributed by atoms with Gasteiger partial charge in [-0.1, -0.05) is 5.16 Å². The first-order valence-corrected chi connectivity index (χ1v) is 4.19. The molecule has 4 nitrogen and oxygen atoms in total. The molecule has 1 aromatic heterocycles. The number of rotatable bonds is 5. The van der Waals surface area contributed by atoms with Gasteiger partial charge in [-0.3, -0.25) is 4.79 Å². The Bertz CT molecular complexity index is 280. The molecule has 0 radical (unpaired) electrons. The highest BCUT2D eigenvalue weighted by molar-refractivity contribution is 5.94. The predicted octanol–water partition coefficient (Wildman–Crippen LogP) is 1.46. The highest BCUT2D eigenvalue weighted by Gasteiger charge is 2.11. The van der Waals surface area contributed by atoms with Crippen molar-refractivity contribution in [3.05, 3.63) is 17.5 Å². The minimum Gasteiger partial charge on any atom is -0.385 e. The second-order valence-electron chi connectivity index (χ2n) is 2.82. The van der Waals surface area contributed by atoms with Gasteiger partial charge < -0.3 is 9.26 Å². The Morgan fingerprint density at radius 3 is 3.08 bits per heavy atom. The van der Waals surface area contributed by atoms with Gasteiger partial charge in [-0.15, -0.1) is 0 Å². The van der Waals surface area contributed by atoms with Crippen LogP contribution in [0.25, 0.3) is 0 Å². The van der Waals surface area contributed by atoms with E-state index in [-0.39, 0.29) is 5.78 Å².